The van der Waals surface area contributed by atoms with E-state index in [-0.39, 0.29) is 11.7 Å². The van der Waals surface area contributed by atoms with Gasteiger partial charge >= 0.3 is 0 Å². The molecule has 0 aliphatic carbocycles. The lowest BCUT2D eigenvalue weighted by Gasteiger charge is -2.22. The summed E-state index contributed by atoms with van der Waals surface area (Å²) in [6.07, 6.45) is 0.257. The molecule has 3 heteroatoms. The smallest absolute Gasteiger partial charge is 0.126 e. The molecule has 2 N–H and O–H groups in total. The Morgan fingerprint density at radius 2 is 1.68 bits per heavy atom. The number of aliphatic hydroxyl groups is 2. The average Bonchev–Trinajstić information content (AvgIpc) is 2.33. The lowest BCUT2D eigenvalue weighted by molar-refractivity contribution is 0.00622. The van der Waals surface area contributed by atoms with Crippen molar-refractivity contribution in [2.45, 2.75) is 65.1 Å². The van der Waals surface area contributed by atoms with Crippen molar-refractivity contribution in [2.75, 3.05) is 0 Å². The summed E-state index contributed by atoms with van der Waals surface area (Å²) in [5, 5.41) is 19.7. The first-order valence-electron chi connectivity index (χ1n) is 6.99. The van der Waals surface area contributed by atoms with E-state index >= 15 is 0 Å². The number of hydrogen-bond donors (Lipinski definition) is 2. The molecule has 0 aromatic heterocycles. The number of rotatable bonds is 6. The van der Waals surface area contributed by atoms with E-state index < -0.39 is 12.2 Å². The molecule has 1 aromatic carbocycles. The molecule has 3 atom stereocenters. The molecule has 1 rings (SSSR count). The van der Waals surface area contributed by atoms with Crippen molar-refractivity contribution >= 4 is 0 Å². The maximum Gasteiger partial charge on any atom is 0.126 e. The topological polar surface area (TPSA) is 40.5 Å². The Morgan fingerprint density at radius 1 is 1.11 bits per heavy atom. The van der Waals surface area contributed by atoms with Crippen molar-refractivity contribution in [3.63, 3.8) is 0 Å². The van der Waals surface area contributed by atoms with Crippen LogP contribution in [0.3, 0.4) is 0 Å². The van der Waals surface area contributed by atoms with Crippen LogP contribution in [-0.4, -0.2) is 22.4 Å². The van der Waals surface area contributed by atoms with Crippen molar-refractivity contribution in [1.82, 2.24) is 0 Å². The minimum absolute atomic E-state index is 0.110. The van der Waals surface area contributed by atoms with Crippen LogP contribution in [0.15, 0.2) is 12.1 Å². The third-order valence-electron chi connectivity index (χ3n) is 3.77. The molecule has 0 radical (unpaired) electrons. The van der Waals surface area contributed by atoms with Crippen molar-refractivity contribution in [1.29, 1.82) is 0 Å². The van der Waals surface area contributed by atoms with E-state index in [2.05, 4.69) is 0 Å². The van der Waals surface area contributed by atoms with E-state index in [1.165, 1.54) is 6.07 Å². The average molecular weight is 268 g/mol. The Kier molecular flexibility index (Phi) is 5.95. The van der Waals surface area contributed by atoms with Gasteiger partial charge in [-0.2, -0.15) is 0 Å². The number of benzene rings is 1. The number of aliphatic hydroxyl groups excluding tert-OH is 2. The molecule has 0 amide bonds. The van der Waals surface area contributed by atoms with Crippen LogP contribution in [0, 0.1) is 19.7 Å². The fourth-order valence-electron chi connectivity index (χ4n) is 2.32. The summed E-state index contributed by atoms with van der Waals surface area (Å²) in [5.41, 5.74) is 2.60. The van der Waals surface area contributed by atoms with Gasteiger partial charge in [0.2, 0.25) is 0 Å². The number of aryl methyl sites for hydroxylation is 2. The monoisotopic (exact) mass is 268 g/mol. The second-order valence-corrected chi connectivity index (χ2v) is 5.52. The lowest BCUT2D eigenvalue weighted by atomic mass is 9.90. The van der Waals surface area contributed by atoms with Crippen LogP contribution in [0.2, 0.25) is 0 Å². The zero-order chi connectivity index (χ0) is 14.6. The molecule has 0 spiro atoms. The molecular formula is C16H25FO2. The molecule has 19 heavy (non-hydrogen) atoms. The summed E-state index contributed by atoms with van der Waals surface area (Å²) >= 11 is 0. The Hall–Kier alpha value is -0.930. The predicted octanol–water partition coefficient (Wildman–Crippen LogP) is 3.46. The van der Waals surface area contributed by atoms with Gasteiger partial charge in [0, 0.05) is 0 Å². The van der Waals surface area contributed by atoms with Crippen molar-refractivity contribution < 1.29 is 14.6 Å². The molecule has 0 aliphatic heterocycles. The first-order chi connectivity index (χ1) is 8.86. The summed E-state index contributed by atoms with van der Waals surface area (Å²) in [5.74, 6) is -0.339. The Bertz CT molecular complexity index is 417. The van der Waals surface area contributed by atoms with Crippen LogP contribution in [-0.2, 0) is 0 Å². The summed E-state index contributed by atoms with van der Waals surface area (Å²) in [6.45, 7) is 7.68. The van der Waals surface area contributed by atoms with E-state index in [9.17, 15) is 14.6 Å². The highest BCUT2D eigenvalue weighted by molar-refractivity contribution is 5.33. The van der Waals surface area contributed by atoms with Crippen molar-refractivity contribution in [2.24, 2.45) is 0 Å². The van der Waals surface area contributed by atoms with E-state index in [1.807, 2.05) is 33.8 Å². The lowest BCUT2D eigenvalue weighted by Crippen LogP contribution is -2.27. The quantitative estimate of drug-likeness (QED) is 0.829. The summed E-state index contributed by atoms with van der Waals surface area (Å²) in [4.78, 5) is 0. The van der Waals surface area contributed by atoms with Gasteiger partial charge in [0.25, 0.3) is 0 Å². The van der Waals surface area contributed by atoms with E-state index in [1.54, 1.807) is 0 Å². The minimum atomic E-state index is -0.795. The molecule has 0 saturated carbocycles. The normalized spacial score (nSPS) is 16.2. The second kappa shape index (κ2) is 7.01. The van der Waals surface area contributed by atoms with Gasteiger partial charge in [-0.05, 0) is 55.4 Å². The van der Waals surface area contributed by atoms with Crippen molar-refractivity contribution in [3.8, 4) is 0 Å². The molecular weight excluding hydrogens is 243 g/mol. The van der Waals surface area contributed by atoms with E-state index in [0.717, 1.165) is 17.5 Å². The largest absolute Gasteiger partial charge is 0.390 e. The SMILES string of the molecule is CCCC(O)C(O)CC(C)c1cc(C)c(C)cc1F. The van der Waals surface area contributed by atoms with Gasteiger partial charge in [-0.25, -0.2) is 4.39 Å². The number of halogens is 1. The highest BCUT2D eigenvalue weighted by atomic mass is 19.1. The third-order valence-corrected chi connectivity index (χ3v) is 3.77. The predicted molar refractivity (Wildman–Crippen MR) is 75.8 cm³/mol. The number of hydrogen-bond acceptors (Lipinski definition) is 2. The second-order valence-electron chi connectivity index (χ2n) is 5.52. The molecule has 1 aromatic rings. The minimum Gasteiger partial charge on any atom is -0.390 e. The van der Waals surface area contributed by atoms with Gasteiger partial charge in [-0.15, -0.1) is 0 Å². The first kappa shape index (κ1) is 16.1. The molecule has 0 fully saturated rings. The van der Waals surface area contributed by atoms with Crippen LogP contribution in [0.4, 0.5) is 4.39 Å². The van der Waals surface area contributed by atoms with Crippen LogP contribution >= 0.6 is 0 Å². The zero-order valence-corrected chi connectivity index (χ0v) is 12.3. The van der Waals surface area contributed by atoms with Gasteiger partial charge in [-0.1, -0.05) is 26.3 Å². The highest BCUT2D eigenvalue weighted by Crippen LogP contribution is 2.27. The Labute approximate surface area is 115 Å². The third kappa shape index (κ3) is 4.29. The summed E-state index contributed by atoms with van der Waals surface area (Å²) < 4.78 is 13.9. The molecule has 2 nitrogen and oxygen atoms in total. The maximum atomic E-state index is 13.9. The van der Waals surface area contributed by atoms with Crippen LogP contribution in [0.5, 0.6) is 0 Å². The fourth-order valence-corrected chi connectivity index (χ4v) is 2.32. The van der Waals surface area contributed by atoms with E-state index in [0.29, 0.717) is 18.4 Å². The van der Waals surface area contributed by atoms with Crippen LogP contribution in [0.25, 0.3) is 0 Å². The Balaban J connectivity index is 2.78. The zero-order valence-electron chi connectivity index (χ0n) is 12.3. The summed E-state index contributed by atoms with van der Waals surface area (Å²) in [6, 6.07) is 3.38. The molecule has 108 valence electrons. The van der Waals surface area contributed by atoms with Crippen LogP contribution < -0.4 is 0 Å². The van der Waals surface area contributed by atoms with Crippen molar-refractivity contribution in [3.05, 3.63) is 34.6 Å². The van der Waals surface area contributed by atoms with Gasteiger partial charge in [0.15, 0.2) is 0 Å². The molecule has 0 aliphatic rings. The Morgan fingerprint density at radius 3 is 2.26 bits per heavy atom. The van der Waals surface area contributed by atoms with E-state index in [4.69, 9.17) is 0 Å². The highest BCUT2D eigenvalue weighted by Gasteiger charge is 2.21. The summed E-state index contributed by atoms with van der Waals surface area (Å²) in [7, 11) is 0. The van der Waals surface area contributed by atoms with Gasteiger partial charge < -0.3 is 10.2 Å². The molecule has 3 unspecified atom stereocenters. The van der Waals surface area contributed by atoms with Gasteiger partial charge in [0.05, 0.1) is 12.2 Å². The first-order valence-corrected chi connectivity index (χ1v) is 6.99. The standard InChI is InChI=1S/C16H25FO2/c1-5-6-15(18)16(19)9-12(4)13-7-10(2)11(3)8-14(13)17/h7-8,12,15-16,18-19H,5-6,9H2,1-4H3. The van der Waals surface area contributed by atoms with Crippen LogP contribution in [0.1, 0.15) is 55.7 Å². The van der Waals surface area contributed by atoms with Gasteiger partial charge in [0.1, 0.15) is 5.82 Å². The molecule has 0 bridgehead atoms. The molecule has 0 saturated heterocycles. The maximum absolute atomic E-state index is 13.9. The van der Waals surface area contributed by atoms with Gasteiger partial charge in [-0.3, -0.25) is 0 Å². The fraction of sp³-hybridized carbons (Fsp3) is 0.625. The molecule has 0 heterocycles.